The summed E-state index contributed by atoms with van der Waals surface area (Å²) in [5, 5.41) is 48.1. The van der Waals surface area contributed by atoms with Crippen LogP contribution in [0.1, 0.15) is 109 Å². The van der Waals surface area contributed by atoms with E-state index in [1.165, 1.54) is 52.0 Å². The summed E-state index contributed by atoms with van der Waals surface area (Å²) in [4.78, 5) is 118. The Balaban J connectivity index is 1.29. The molecule has 2 aromatic carbocycles. The fourth-order valence-corrected chi connectivity index (χ4v) is 11.2. The van der Waals surface area contributed by atoms with E-state index < -0.39 is 160 Å². The predicted octanol–water partition coefficient (Wildman–Crippen LogP) is 3.99. The maximum absolute atomic E-state index is 15.2. The van der Waals surface area contributed by atoms with Crippen LogP contribution in [0.5, 0.6) is 11.8 Å². The smallest absolute Gasteiger partial charge is 0.408 e. The van der Waals surface area contributed by atoms with Gasteiger partial charge in [-0.05, 0) is 51.8 Å². The van der Waals surface area contributed by atoms with E-state index in [0.29, 0.717) is 4.73 Å². The van der Waals surface area contributed by atoms with Crippen molar-refractivity contribution in [2.24, 2.45) is 28.6 Å². The Labute approximate surface area is 420 Å². The molecule has 1 saturated heterocycles. The molecule has 1 amide bonds. The van der Waals surface area contributed by atoms with Gasteiger partial charge in [-0.3, -0.25) is 19.2 Å². The van der Waals surface area contributed by atoms with Gasteiger partial charge in [0.15, 0.2) is 5.60 Å². The van der Waals surface area contributed by atoms with Crippen LogP contribution in [-0.4, -0.2) is 127 Å². The molecule has 73 heavy (non-hydrogen) atoms. The Bertz CT molecular complexity index is 2610. The lowest BCUT2D eigenvalue weighted by Crippen LogP contribution is -2.82. The first kappa shape index (κ1) is 53.9. The van der Waals surface area contributed by atoms with Crippen molar-refractivity contribution in [1.29, 1.82) is 0 Å². The van der Waals surface area contributed by atoms with Gasteiger partial charge in [0.1, 0.15) is 35.6 Å². The highest BCUT2D eigenvalue weighted by Crippen LogP contribution is 2.64. The molecule has 3 aliphatic carbocycles. The van der Waals surface area contributed by atoms with E-state index >= 15 is 14.4 Å². The molecule has 2 bridgehead atoms. The highest BCUT2D eigenvalue weighted by Gasteiger charge is 2.79. The van der Waals surface area contributed by atoms with Crippen molar-refractivity contribution >= 4 is 47.5 Å². The number of nitrogens with zero attached hydrogens (tertiary/aromatic N) is 1. The summed E-state index contributed by atoms with van der Waals surface area (Å²) in [6.07, 6.45) is -11.4. The molecule has 2 heterocycles. The lowest BCUT2D eigenvalue weighted by molar-refractivity contribution is -0.350. The fourth-order valence-electron chi connectivity index (χ4n) is 11.2. The van der Waals surface area contributed by atoms with Crippen LogP contribution in [0.2, 0.25) is 0 Å². The molecule has 1 aromatic heterocycles. The first-order valence-electron chi connectivity index (χ1n) is 24.0. The zero-order chi connectivity index (χ0) is 53.6. The van der Waals surface area contributed by atoms with Crippen molar-refractivity contribution < 1.29 is 92.0 Å². The van der Waals surface area contributed by atoms with Gasteiger partial charge in [0.2, 0.25) is 29.4 Å². The number of amides is 1. The number of esters is 4. The second kappa shape index (κ2) is 20.2. The lowest BCUT2D eigenvalue weighted by atomic mass is 9.42. The van der Waals surface area contributed by atoms with Crippen molar-refractivity contribution in [3.05, 3.63) is 83.9 Å². The third-order valence-electron chi connectivity index (χ3n) is 14.9. The number of alkyl carbamates (subject to hydrolysis) is 1. The molecule has 394 valence electrons. The molecule has 12 atom stereocenters. The maximum atomic E-state index is 15.2. The number of aliphatic hydroxyl groups is 2. The summed E-state index contributed by atoms with van der Waals surface area (Å²) in [6.45, 7) is 11.3. The molecule has 3 aromatic rings. The highest BCUT2D eigenvalue weighted by atomic mass is 16.7. The second-order valence-corrected chi connectivity index (χ2v) is 21.0. The molecule has 2 unspecified atom stereocenters. The van der Waals surface area contributed by atoms with Crippen LogP contribution in [0.3, 0.4) is 0 Å². The third-order valence-corrected chi connectivity index (χ3v) is 14.9. The molecular formula is C52H62N2O19. The number of aliphatic hydroxyl groups excluding tert-OH is 1. The molecule has 5 N–H and O–H groups in total. The highest BCUT2D eigenvalue weighted by molar-refractivity contribution is 6.40. The van der Waals surface area contributed by atoms with Crippen LogP contribution in [0.25, 0.3) is 0 Å². The number of hydrogen-bond donors (Lipinski definition) is 5. The summed E-state index contributed by atoms with van der Waals surface area (Å²) in [7, 11) is 0. The van der Waals surface area contributed by atoms with Crippen LogP contribution in [-0.2, 0) is 57.2 Å². The van der Waals surface area contributed by atoms with Gasteiger partial charge >= 0.3 is 35.9 Å². The van der Waals surface area contributed by atoms with Gasteiger partial charge in [-0.2, -0.15) is 0 Å². The zero-order valence-corrected chi connectivity index (χ0v) is 41.7. The van der Waals surface area contributed by atoms with Crippen molar-refractivity contribution in [2.45, 2.75) is 141 Å². The van der Waals surface area contributed by atoms with Gasteiger partial charge in [-0.15, -0.1) is 4.73 Å². The molecule has 21 nitrogen and oxygen atoms in total. The largest absolute Gasteiger partial charge is 0.492 e. The van der Waals surface area contributed by atoms with E-state index in [-0.39, 0.29) is 30.6 Å². The average molecular weight is 1020 g/mol. The normalized spacial score (nSPS) is 30.0. The molecule has 7 rings (SSSR count). The van der Waals surface area contributed by atoms with Crippen molar-refractivity contribution in [2.75, 3.05) is 6.61 Å². The molecular weight excluding hydrogens is 957 g/mol. The SMILES string of the molecule is CC(=O)O[C@@]12CO[C@@H]1C[C@H](O)[C@@]1(C)C(=O)C(=O)C3C(C)[C@@H](OC(=O)[C@H](OC(=O)CCCC(=O)On4c(O)ccc4O)[C@@H](NC(=O)OC(C)(C)C)c4ccccc4)C[C@@](O)([C@@H](OC(=O)c4ccccc4)[C@H]21)C3(C)C. The molecule has 0 spiro atoms. The van der Waals surface area contributed by atoms with Crippen LogP contribution in [0.15, 0.2) is 72.8 Å². The topological polar surface area (TPSA) is 299 Å². The fraction of sp³-hybridized carbons (Fsp3) is 0.538. The number of aromatic hydroxyl groups is 2. The van der Waals surface area contributed by atoms with Gasteiger partial charge in [-0.1, -0.05) is 69.3 Å². The first-order chi connectivity index (χ1) is 34.2. The number of nitrogens with one attached hydrogen (secondary N) is 1. The van der Waals surface area contributed by atoms with Crippen LogP contribution < -0.4 is 10.2 Å². The number of ketones is 2. The Morgan fingerprint density at radius 1 is 0.877 bits per heavy atom. The van der Waals surface area contributed by atoms with Crippen LogP contribution >= 0.6 is 0 Å². The number of fused-ring (bicyclic) bond motifs is 5. The minimum Gasteiger partial charge on any atom is -0.492 e. The summed E-state index contributed by atoms with van der Waals surface area (Å²) in [6, 6.07) is 16.1. The Hall–Kier alpha value is -6.84. The number of Topliss-reactive ketones (excluding diaryl/α,β-unsaturated/α-hetero) is 2. The Kier molecular flexibility index (Phi) is 14.9. The molecule has 4 fully saturated rings. The van der Waals surface area contributed by atoms with Gasteiger partial charge in [0, 0.05) is 62.0 Å². The molecule has 4 aliphatic rings. The van der Waals surface area contributed by atoms with Gasteiger partial charge in [-0.25, -0.2) is 19.2 Å². The summed E-state index contributed by atoms with van der Waals surface area (Å²) >= 11 is 0. The van der Waals surface area contributed by atoms with E-state index in [4.69, 9.17) is 33.3 Å². The van der Waals surface area contributed by atoms with Crippen LogP contribution in [0.4, 0.5) is 4.79 Å². The van der Waals surface area contributed by atoms with E-state index in [9.17, 15) is 44.4 Å². The third kappa shape index (κ3) is 10.1. The van der Waals surface area contributed by atoms with E-state index in [1.54, 1.807) is 57.2 Å². The monoisotopic (exact) mass is 1020 g/mol. The summed E-state index contributed by atoms with van der Waals surface area (Å²) in [5.74, 6) is -12.8. The van der Waals surface area contributed by atoms with Gasteiger partial charge in [0.25, 0.3) is 0 Å². The number of carbonyl (C=O) groups excluding carboxylic acids is 8. The first-order valence-corrected chi connectivity index (χ1v) is 24.0. The zero-order valence-electron chi connectivity index (χ0n) is 41.7. The maximum Gasteiger partial charge on any atom is 0.408 e. The second-order valence-electron chi connectivity index (χ2n) is 21.0. The standard InChI is InChI=1S/C52H62N2O19/c1-27-31(68-46(64)41(39(29-16-11-9-12-17-29)53-47(65)72-48(3,4)5)69-36(59)20-15-21-37(60)73-54-34(57)22-23-35(54)58)25-52(66)44(70-45(63)30-18-13-10-14-19-30)42-50(8,43(62)40(61)38(27)49(52,6)7)32(56)24-33-51(42,26-67-33)71-28(2)55/h9-14,16-19,22-23,27,31-33,38-39,41-42,44,56-58,66H,15,20-21,24-26H2,1-8H3,(H,53,65)/t27?,31-,32-,33+,38?,39-,41+,42-,44-,50+,51-,52+/m0/s1. The van der Waals surface area contributed by atoms with Gasteiger partial charge < -0.3 is 59.0 Å². The lowest BCUT2D eigenvalue weighted by Gasteiger charge is -2.67. The quantitative estimate of drug-likeness (QED) is 0.0866. The average Bonchev–Trinajstić information content (AvgIpc) is 3.63. The van der Waals surface area contributed by atoms with E-state index in [2.05, 4.69) is 5.32 Å². The Morgan fingerprint density at radius 3 is 2.05 bits per heavy atom. The molecule has 1 aliphatic heterocycles. The number of hydrogen-bond acceptors (Lipinski definition) is 19. The molecule has 3 saturated carbocycles. The number of carbonyl (C=O) groups is 8. The molecule has 0 radical (unpaired) electrons. The minimum atomic E-state index is -2.49. The van der Waals surface area contributed by atoms with E-state index in [0.717, 1.165) is 19.1 Å². The van der Waals surface area contributed by atoms with Gasteiger partial charge in [0.05, 0.1) is 29.6 Å². The Morgan fingerprint density at radius 2 is 1.48 bits per heavy atom. The number of ether oxygens (including phenoxy) is 6. The summed E-state index contributed by atoms with van der Waals surface area (Å²) < 4.78 is 36.4. The van der Waals surface area contributed by atoms with Crippen molar-refractivity contribution in [3.8, 4) is 11.8 Å². The van der Waals surface area contributed by atoms with Crippen molar-refractivity contribution in [1.82, 2.24) is 10.0 Å². The van der Waals surface area contributed by atoms with E-state index in [1.807, 2.05) is 0 Å². The number of rotatable bonds is 14. The van der Waals surface area contributed by atoms with Crippen LogP contribution in [0, 0.1) is 28.6 Å². The minimum absolute atomic E-state index is 0.0172. The number of aromatic nitrogens is 1. The molecule has 21 heteroatoms. The summed E-state index contributed by atoms with van der Waals surface area (Å²) in [5.41, 5.74) is -9.05. The number of benzene rings is 2. The van der Waals surface area contributed by atoms with Crippen molar-refractivity contribution in [3.63, 3.8) is 0 Å². The predicted molar refractivity (Wildman–Crippen MR) is 250 cm³/mol.